The van der Waals surface area contributed by atoms with Gasteiger partial charge in [-0.15, -0.1) is 0 Å². The lowest BCUT2D eigenvalue weighted by Gasteiger charge is -2.31. The number of nitrogens with zero attached hydrogens (tertiary/aromatic N) is 1. The number of nitrogens with one attached hydrogen (secondary N) is 2. The van der Waals surface area contributed by atoms with Crippen molar-refractivity contribution in [1.82, 2.24) is 10.2 Å². The molecule has 0 aromatic heterocycles. The highest BCUT2D eigenvalue weighted by Crippen LogP contribution is 2.30. The minimum atomic E-state index is -4.42. The van der Waals surface area contributed by atoms with E-state index in [1.165, 1.54) is 12.1 Å². The number of halogens is 3. The quantitative estimate of drug-likeness (QED) is 0.882. The van der Waals surface area contributed by atoms with Crippen LogP contribution in [0.4, 0.5) is 23.7 Å². The van der Waals surface area contributed by atoms with Gasteiger partial charge in [-0.1, -0.05) is 6.07 Å². The maximum absolute atomic E-state index is 12.6. The van der Waals surface area contributed by atoms with E-state index in [2.05, 4.69) is 10.6 Å². The standard InChI is InChI=1S/C14H18F3N3O/c1-20(12-5-7-18-8-6-12)13(21)19-11-4-2-3-10(9-11)14(15,16)17/h2-4,9,12,18H,5-8H2,1H3,(H,19,21). The van der Waals surface area contributed by atoms with Crippen molar-refractivity contribution in [1.29, 1.82) is 0 Å². The number of hydrogen-bond acceptors (Lipinski definition) is 2. The molecule has 0 unspecified atom stereocenters. The van der Waals surface area contributed by atoms with Gasteiger partial charge in [-0.25, -0.2) is 4.79 Å². The van der Waals surface area contributed by atoms with Crippen LogP contribution in [0.2, 0.25) is 0 Å². The molecule has 1 aromatic rings. The summed E-state index contributed by atoms with van der Waals surface area (Å²) in [6.07, 6.45) is -2.74. The molecule has 1 aromatic carbocycles. The van der Waals surface area contributed by atoms with Crippen LogP contribution in [0.1, 0.15) is 18.4 Å². The zero-order valence-corrected chi connectivity index (χ0v) is 11.7. The lowest BCUT2D eigenvalue weighted by atomic mass is 10.1. The average Bonchev–Trinajstić information content (AvgIpc) is 2.47. The summed E-state index contributed by atoms with van der Waals surface area (Å²) >= 11 is 0. The van der Waals surface area contributed by atoms with Crippen LogP contribution >= 0.6 is 0 Å². The Kier molecular flexibility index (Phi) is 4.72. The van der Waals surface area contributed by atoms with Gasteiger partial charge in [-0.2, -0.15) is 13.2 Å². The van der Waals surface area contributed by atoms with E-state index in [4.69, 9.17) is 0 Å². The summed E-state index contributed by atoms with van der Waals surface area (Å²) in [6.45, 7) is 1.68. The van der Waals surface area contributed by atoms with Gasteiger partial charge in [0.25, 0.3) is 0 Å². The van der Waals surface area contributed by atoms with Crippen LogP contribution in [-0.2, 0) is 6.18 Å². The summed E-state index contributed by atoms with van der Waals surface area (Å²) < 4.78 is 37.9. The van der Waals surface area contributed by atoms with E-state index in [9.17, 15) is 18.0 Å². The third-order valence-corrected chi connectivity index (χ3v) is 3.62. The monoisotopic (exact) mass is 301 g/mol. The molecule has 116 valence electrons. The van der Waals surface area contributed by atoms with Gasteiger partial charge in [0.2, 0.25) is 0 Å². The number of anilines is 1. The molecule has 1 heterocycles. The van der Waals surface area contributed by atoms with E-state index < -0.39 is 11.7 Å². The lowest BCUT2D eigenvalue weighted by Crippen LogP contribution is -2.45. The van der Waals surface area contributed by atoms with Crippen molar-refractivity contribution in [3.05, 3.63) is 29.8 Å². The van der Waals surface area contributed by atoms with E-state index in [0.717, 1.165) is 38.1 Å². The third kappa shape index (κ3) is 4.10. The molecule has 1 saturated heterocycles. The highest BCUT2D eigenvalue weighted by Gasteiger charge is 2.30. The second kappa shape index (κ2) is 6.34. The maximum Gasteiger partial charge on any atom is 0.416 e. The molecule has 0 bridgehead atoms. The van der Waals surface area contributed by atoms with Gasteiger partial charge < -0.3 is 15.5 Å². The Morgan fingerprint density at radius 1 is 1.33 bits per heavy atom. The Morgan fingerprint density at radius 3 is 2.62 bits per heavy atom. The van der Waals surface area contributed by atoms with Crippen LogP contribution in [0.15, 0.2) is 24.3 Å². The minimum absolute atomic E-state index is 0.108. The van der Waals surface area contributed by atoms with Gasteiger partial charge in [0, 0.05) is 18.8 Å². The highest BCUT2D eigenvalue weighted by molar-refractivity contribution is 5.89. The van der Waals surface area contributed by atoms with Crippen LogP contribution in [-0.4, -0.2) is 37.1 Å². The summed E-state index contributed by atoms with van der Waals surface area (Å²) in [5.74, 6) is 0. The molecule has 2 rings (SSSR count). The van der Waals surface area contributed by atoms with Crippen molar-refractivity contribution in [2.75, 3.05) is 25.5 Å². The number of carbonyl (C=O) groups excluding carboxylic acids is 1. The molecular formula is C14H18F3N3O. The smallest absolute Gasteiger partial charge is 0.325 e. The Balaban J connectivity index is 2.02. The molecule has 0 aliphatic carbocycles. The average molecular weight is 301 g/mol. The molecular weight excluding hydrogens is 283 g/mol. The molecule has 1 fully saturated rings. The Hall–Kier alpha value is -1.76. The Bertz CT molecular complexity index is 498. The molecule has 1 aliphatic heterocycles. The third-order valence-electron chi connectivity index (χ3n) is 3.62. The Labute approximate surface area is 121 Å². The fourth-order valence-corrected chi connectivity index (χ4v) is 2.34. The Morgan fingerprint density at radius 2 is 2.00 bits per heavy atom. The molecule has 0 radical (unpaired) electrons. The van der Waals surface area contributed by atoms with Crippen molar-refractivity contribution in [2.45, 2.75) is 25.1 Å². The van der Waals surface area contributed by atoms with Crippen LogP contribution < -0.4 is 10.6 Å². The molecule has 7 heteroatoms. The number of hydrogen-bond donors (Lipinski definition) is 2. The first kappa shape index (κ1) is 15.6. The van der Waals surface area contributed by atoms with Gasteiger partial charge >= 0.3 is 12.2 Å². The first-order chi connectivity index (χ1) is 9.88. The molecule has 2 amide bonds. The normalized spacial score (nSPS) is 16.6. The fourth-order valence-electron chi connectivity index (χ4n) is 2.34. The van der Waals surface area contributed by atoms with E-state index >= 15 is 0 Å². The van der Waals surface area contributed by atoms with Gasteiger partial charge in [0.15, 0.2) is 0 Å². The lowest BCUT2D eigenvalue weighted by molar-refractivity contribution is -0.137. The van der Waals surface area contributed by atoms with Gasteiger partial charge in [0.05, 0.1) is 5.56 Å². The summed E-state index contributed by atoms with van der Waals surface area (Å²) in [4.78, 5) is 13.6. The highest BCUT2D eigenvalue weighted by atomic mass is 19.4. The largest absolute Gasteiger partial charge is 0.416 e. The summed E-state index contributed by atoms with van der Waals surface area (Å²) in [6, 6.07) is 4.37. The number of amides is 2. The number of carbonyl (C=O) groups is 1. The summed E-state index contributed by atoms with van der Waals surface area (Å²) in [5, 5.41) is 5.72. The van der Waals surface area contributed by atoms with Gasteiger partial charge in [0.1, 0.15) is 0 Å². The first-order valence-electron chi connectivity index (χ1n) is 6.80. The van der Waals surface area contributed by atoms with Crippen molar-refractivity contribution in [3.8, 4) is 0 Å². The fraction of sp³-hybridized carbons (Fsp3) is 0.500. The van der Waals surface area contributed by atoms with Crippen molar-refractivity contribution in [3.63, 3.8) is 0 Å². The van der Waals surface area contributed by atoms with E-state index in [1.54, 1.807) is 11.9 Å². The van der Waals surface area contributed by atoms with Crippen molar-refractivity contribution < 1.29 is 18.0 Å². The predicted octanol–water partition coefficient (Wildman–Crippen LogP) is 2.92. The van der Waals surface area contributed by atoms with E-state index in [1.807, 2.05) is 0 Å². The van der Waals surface area contributed by atoms with Crippen LogP contribution in [0, 0.1) is 0 Å². The number of alkyl halides is 3. The van der Waals surface area contributed by atoms with E-state index in [-0.39, 0.29) is 17.8 Å². The molecule has 4 nitrogen and oxygen atoms in total. The zero-order chi connectivity index (χ0) is 15.5. The van der Waals surface area contributed by atoms with Gasteiger partial charge in [-0.05, 0) is 44.1 Å². The number of urea groups is 1. The van der Waals surface area contributed by atoms with Gasteiger partial charge in [-0.3, -0.25) is 0 Å². The van der Waals surface area contributed by atoms with Crippen LogP contribution in [0.3, 0.4) is 0 Å². The first-order valence-corrected chi connectivity index (χ1v) is 6.80. The number of benzene rings is 1. The zero-order valence-electron chi connectivity index (χ0n) is 11.7. The molecule has 0 spiro atoms. The molecule has 1 aliphatic rings. The van der Waals surface area contributed by atoms with E-state index in [0.29, 0.717) is 0 Å². The predicted molar refractivity (Wildman–Crippen MR) is 74.1 cm³/mol. The van der Waals surface area contributed by atoms with Crippen LogP contribution in [0.25, 0.3) is 0 Å². The number of rotatable bonds is 2. The second-order valence-electron chi connectivity index (χ2n) is 5.10. The van der Waals surface area contributed by atoms with Crippen molar-refractivity contribution >= 4 is 11.7 Å². The topological polar surface area (TPSA) is 44.4 Å². The van der Waals surface area contributed by atoms with Crippen LogP contribution in [0.5, 0.6) is 0 Å². The number of piperidine rings is 1. The molecule has 0 saturated carbocycles. The maximum atomic E-state index is 12.6. The molecule has 21 heavy (non-hydrogen) atoms. The SMILES string of the molecule is CN(C(=O)Nc1cccc(C(F)(F)F)c1)C1CCNCC1. The molecule has 0 atom stereocenters. The second-order valence-corrected chi connectivity index (χ2v) is 5.10. The summed E-state index contributed by atoms with van der Waals surface area (Å²) in [5.41, 5.74) is -0.625. The van der Waals surface area contributed by atoms with Crippen molar-refractivity contribution in [2.24, 2.45) is 0 Å². The minimum Gasteiger partial charge on any atom is -0.325 e. The molecule has 2 N–H and O–H groups in total. The summed E-state index contributed by atoms with van der Waals surface area (Å²) in [7, 11) is 1.67.